The van der Waals surface area contributed by atoms with Crippen LogP contribution in [-0.2, 0) is 19.1 Å². The molecule has 7 N–H and O–H groups in total. The minimum atomic E-state index is -1.71. The molecule has 0 bridgehead atoms. The Morgan fingerprint density at radius 2 is 1.80 bits per heavy atom. The first kappa shape index (κ1) is 20.9. The average molecular weight is 364 g/mol. The minimum absolute atomic E-state index is 0.348. The number of rotatable bonds is 8. The molecular weight excluding hydrogens is 344 g/mol. The van der Waals surface area contributed by atoms with E-state index in [4.69, 9.17) is 20.1 Å². The molecule has 1 fully saturated rings. The Balaban J connectivity index is 2.68. The zero-order valence-corrected chi connectivity index (χ0v) is 12.9. The minimum Gasteiger partial charge on any atom is -0.481 e. The number of aliphatic carboxylic acids is 2. The van der Waals surface area contributed by atoms with E-state index in [0.29, 0.717) is 6.21 Å². The van der Waals surface area contributed by atoms with Crippen molar-refractivity contribution < 1.29 is 49.8 Å². The maximum Gasteiger partial charge on any atom is 0.326 e. The third-order valence-electron chi connectivity index (χ3n) is 3.49. The van der Waals surface area contributed by atoms with Crippen molar-refractivity contribution in [2.45, 2.75) is 49.5 Å². The van der Waals surface area contributed by atoms with Crippen LogP contribution >= 0.6 is 0 Å². The van der Waals surface area contributed by atoms with E-state index in [2.05, 4.69) is 4.99 Å². The van der Waals surface area contributed by atoms with Crippen LogP contribution in [0.2, 0.25) is 0 Å². The number of aliphatic hydroxyl groups is 4. The SMILES string of the molecule is O=C(O)CC[C@H](NC(=O)C=N[C@@H]1[C@@H](O)[C@H](O)[C@@H](CO)O[C@H]1O)C(=O)O. The zero-order valence-electron chi connectivity index (χ0n) is 12.9. The lowest BCUT2D eigenvalue weighted by Gasteiger charge is -2.38. The van der Waals surface area contributed by atoms with Gasteiger partial charge in [-0.05, 0) is 6.42 Å². The molecule has 25 heavy (non-hydrogen) atoms. The zero-order chi connectivity index (χ0) is 19.1. The van der Waals surface area contributed by atoms with Gasteiger partial charge >= 0.3 is 11.9 Å². The van der Waals surface area contributed by atoms with E-state index < -0.39 is 67.6 Å². The lowest BCUT2D eigenvalue weighted by molar-refractivity contribution is -0.248. The number of nitrogens with one attached hydrogen (secondary N) is 1. The number of nitrogens with zero attached hydrogens (tertiary/aromatic N) is 1. The predicted molar refractivity (Wildman–Crippen MR) is 78.7 cm³/mol. The first-order valence-corrected chi connectivity index (χ1v) is 7.26. The standard InChI is InChI=1S/C13H20N2O10/c16-4-6-10(20)11(21)9(13(24)25-6)14-3-7(17)15-5(12(22)23)1-2-8(18)19/h3,5-6,9-11,13,16,20-21,24H,1-2,4H2,(H,15,17)(H,18,19)(H,22,23)/t5-,6+,9+,10+,11+,13+/m0/s1. The van der Waals surface area contributed by atoms with Gasteiger partial charge in [0.25, 0.3) is 5.91 Å². The number of carboxylic acids is 2. The summed E-state index contributed by atoms with van der Waals surface area (Å²) >= 11 is 0. The Morgan fingerprint density at radius 3 is 2.32 bits per heavy atom. The second kappa shape index (κ2) is 9.39. The number of hydrogen-bond donors (Lipinski definition) is 7. The van der Waals surface area contributed by atoms with Crippen LogP contribution in [0.25, 0.3) is 0 Å². The molecular formula is C13H20N2O10. The van der Waals surface area contributed by atoms with Gasteiger partial charge in [0.1, 0.15) is 30.4 Å². The van der Waals surface area contributed by atoms with E-state index in [9.17, 15) is 29.7 Å². The van der Waals surface area contributed by atoms with Gasteiger partial charge in [-0.3, -0.25) is 14.6 Å². The van der Waals surface area contributed by atoms with Crippen molar-refractivity contribution in [3.05, 3.63) is 0 Å². The summed E-state index contributed by atoms with van der Waals surface area (Å²) in [4.78, 5) is 36.7. The van der Waals surface area contributed by atoms with Gasteiger partial charge in [0.2, 0.25) is 0 Å². The van der Waals surface area contributed by atoms with Crippen LogP contribution in [0.15, 0.2) is 4.99 Å². The third-order valence-corrected chi connectivity index (χ3v) is 3.49. The topological polar surface area (TPSA) is 206 Å². The second-order valence-electron chi connectivity index (χ2n) is 5.33. The summed E-state index contributed by atoms with van der Waals surface area (Å²) < 4.78 is 4.84. The monoisotopic (exact) mass is 364 g/mol. The molecule has 0 spiro atoms. The molecule has 1 saturated heterocycles. The molecule has 1 amide bonds. The highest BCUT2D eigenvalue weighted by Gasteiger charge is 2.43. The molecule has 0 aliphatic carbocycles. The summed E-state index contributed by atoms with van der Waals surface area (Å²) in [5.41, 5.74) is 0. The maximum absolute atomic E-state index is 11.7. The van der Waals surface area contributed by atoms with Gasteiger partial charge < -0.3 is 40.7 Å². The molecule has 12 nitrogen and oxygen atoms in total. The number of amides is 1. The predicted octanol–water partition coefficient (Wildman–Crippen LogP) is -3.71. The number of hydrogen-bond acceptors (Lipinski definition) is 9. The number of carbonyl (C=O) groups excluding carboxylic acids is 1. The molecule has 142 valence electrons. The Labute approximate surface area is 141 Å². The second-order valence-corrected chi connectivity index (χ2v) is 5.33. The Kier molecular flexibility index (Phi) is 7.86. The van der Waals surface area contributed by atoms with Crippen molar-refractivity contribution in [3.8, 4) is 0 Å². The maximum atomic E-state index is 11.7. The normalized spacial score (nSPS) is 30.8. The third kappa shape index (κ3) is 6.03. The molecule has 0 radical (unpaired) electrons. The van der Waals surface area contributed by atoms with Gasteiger partial charge in [0.05, 0.1) is 12.8 Å². The number of carbonyl (C=O) groups is 3. The fourth-order valence-corrected chi connectivity index (χ4v) is 2.13. The summed E-state index contributed by atoms with van der Waals surface area (Å²) in [5, 5.41) is 57.6. The van der Waals surface area contributed by atoms with E-state index in [1.807, 2.05) is 5.32 Å². The lowest BCUT2D eigenvalue weighted by atomic mass is 9.97. The summed E-state index contributed by atoms with van der Waals surface area (Å²) in [6, 6.07) is -2.90. The molecule has 1 rings (SSSR count). The molecule has 0 aromatic rings. The summed E-state index contributed by atoms with van der Waals surface area (Å²) in [7, 11) is 0. The Hall–Kier alpha value is -2.12. The van der Waals surface area contributed by atoms with Crippen LogP contribution in [0.4, 0.5) is 0 Å². The number of ether oxygens (including phenoxy) is 1. The Bertz CT molecular complexity index is 525. The van der Waals surface area contributed by atoms with Gasteiger partial charge in [-0.25, -0.2) is 4.79 Å². The fraction of sp³-hybridized carbons (Fsp3) is 0.692. The van der Waals surface area contributed by atoms with E-state index in [1.165, 1.54) is 0 Å². The first-order valence-electron chi connectivity index (χ1n) is 7.26. The fourth-order valence-electron chi connectivity index (χ4n) is 2.13. The van der Waals surface area contributed by atoms with E-state index >= 15 is 0 Å². The molecule has 12 heteroatoms. The van der Waals surface area contributed by atoms with E-state index in [1.54, 1.807) is 0 Å². The molecule has 1 aliphatic heterocycles. The van der Waals surface area contributed by atoms with Gasteiger partial charge in [-0.1, -0.05) is 0 Å². The number of aliphatic hydroxyl groups excluding tert-OH is 4. The van der Waals surface area contributed by atoms with Crippen LogP contribution in [0.1, 0.15) is 12.8 Å². The van der Waals surface area contributed by atoms with Crippen molar-refractivity contribution in [3.63, 3.8) is 0 Å². The molecule has 0 aromatic heterocycles. The molecule has 0 saturated carbocycles. The van der Waals surface area contributed by atoms with Crippen molar-refractivity contribution in [2.75, 3.05) is 6.61 Å². The average Bonchev–Trinajstić information content (AvgIpc) is 2.54. The Morgan fingerprint density at radius 1 is 1.16 bits per heavy atom. The highest BCUT2D eigenvalue weighted by Crippen LogP contribution is 2.21. The molecule has 1 heterocycles. The van der Waals surface area contributed by atoms with Gasteiger partial charge in [-0.2, -0.15) is 0 Å². The van der Waals surface area contributed by atoms with Gasteiger partial charge in [0, 0.05) is 6.42 Å². The van der Waals surface area contributed by atoms with Crippen molar-refractivity contribution >= 4 is 24.1 Å². The van der Waals surface area contributed by atoms with Crippen LogP contribution in [0, 0.1) is 0 Å². The summed E-state index contributed by atoms with van der Waals surface area (Å²) in [6.07, 6.45) is -6.35. The highest BCUT2D eigenvalue weighted by atomic mass is 16.6. The summed E-state index contributed by atoms with van der Waals surface area (Å²) in [6.45, 7) is -0.657. The molecule has 0 aromatic carbocycles. The quantitative estimate of drug-likeness (QED) is 0.210. The molecule has 0 unspecified atom stereocenters. The van der Waals surface area contributed by atoms with Gasteiger partial charge in [-0.15, -0.1) is 0 Å². The van der Waals surface area contributed by atoms with Crippen LogP contribution < -0.4 is 5.32 Å². The van der Waals surface area contributed by atoms with E-state index in [0.717, 1.165) is 0 Å². The summed E-state index contributed by atoms with van der Waals surface area (Å²) in [5.74, 6) is -3.67. The molecule has 6 atom stereocenters. The van der Waals surface area contributed by atoms with Crippen molar-refractivity contribution in [1.29, 1.82) is 0 Å². The smallest absolute Gasteiger partial charge is 0.326 e. The van der Waals surface area contributed by atoms with Gasteiger partial charge in [0.15, 0.2) is 6.29 Å². The molecule has 1 aliphatic rings. The largest absolute Gasteiger partial charge is 0.481 e. The van der Waals surface area contributed by atoms with Crippen molar-refractivity contribution in [2.24, 2.45) is 4.99 Å². The first-order chi connectivity index (χ1) is 11.7. The van der Waals surface area contributed by atoms with Crippen LogP contribution in [-0.4, -0.2) is 98.0 Å². The van der Waals surface area contributed by atoms with Crippen LogP contribution in [0.5, 0.6) is 0 Å². The lowest BCUT2D eigenvalue weighted by Crippen LogP contribution is -2.58. The number of carboxylic acid groups (broad SMARTS) is 2. The van der Waals surface area contributed by atoms with Crippen molar-refractivity contribution in [1.82, 2.24) is 5.32 Å². The highest BCUT2D eigenvalue weighted by molar-refractivity contribution is 6.26. The number of aliphatic imine (C=N–C) groups is 1. The van der Waals surface area contributed by atoms with E-state index in [-0.39, 0.29) is 6.42 Å². The van der Waals surface area contributed by atoms with Crippen LogP contribution in [0.3, 0.4) is 0 Å².